The zero-order valence-corrected chi connectivity index (χ0v) is 12.3. The molecule has 0 bridgehead atoms. The van der Waals surface area contributed by atoms with Crippen molar-refractivity contribution in [3.8, 4) is 11.5 Å². The summed E-state index contributed by atoms with van der Waals surface area (Å²) in [5.74, 6) is -1.81. The number of hydrogen-bond donors (Lipinski definition) is 3. The Morgan fingerprint density at radius 3 is 2.50 bits per heavy atom. The Balaban J connectivity index is 2.90. The SMILES string of the molecule is CCC(NC(=O)c1ccc(OCC(N)=O)c(OC)c1)C(=O)O. The molecule has 1 unspecified atom stereocenters. The van der Waals surface area contributed by atoms with Crippen LogP contribution in [0.4, 0.5) is 0 Å². The maximum Gasteiger partial charge on any atom is 0.326 e. The van der Waals surface area contributed by atoms with E-state index in [-0.39, 0.29) is 30.1 Å². The summed E-state index contributed by atoms with van der Waals surface area (Å²) in [6.45, 7) is 1.33. The maximum atomic E-state index is 12.0. The van der Waals surface area contributed by atoms with Crippen LogP contribution >= 0.6 is 0 Å². The van der Waals surface area contributed by atoms with Crippen LogP contribution in [-0.4, -0.2) is 42.6 Å². The molecular formula is C14H18N2O6. The molecule has 2 amide bonds. The molecule has 0 saturated carbocycles. The molecule has 120 valence electrons. The second-order valence-electron chi connectivity index (χ2n) is 4.39. The normalized spacial score (nSPS) is 11.4. The van der Waals surface area contributed by atoms with E-state index in [1.54, 1.807) is 6.92 Å². The van der Waals surface area contributed by atoms with Crippen molar-refractivity contribution in [2.24, 2.45) is 5.73 Å². The zero-order chi connectivity index (χ0) is 16.7. The minimum Gasteiger partial charge on any atom is -0.493 e. The second kappa shape index (κ2) is 7.87. The average molecular weight is 310 g/mol. The lowest BCUT2D eigenvalue weighted by molar-refractivity contribution is -0.139. The van der Waals surface area contributed by atoms with Gasteiger partial charge in [0.1, 0.15) is 6.04 Å². The predicted molar refractivity (Wildman–Crippen MR) is 76.9 cm³/mol. The number of carbonyl (C=O) groups is 3. The third-order valence-electron chi connectivity index (χ3n) is 2.81. The molecule has 1 aromatic rings. The van der Waals surface area contributed by atoms with Crippen LogP contribution in [0.5, 0.6) is 11.5 Å². The van der Waals surface area contributed by atoms with E-state index in [9.17, 15) is 14.4 Å². The maximum absolute atomic E-state index is 12.0. The van der Waals surface area contributed by atoms with Crippen molar-refractivity contribution in [1.82, 2.24) is 5.32 Å². The number of carboxylic acids is 1. The number of benzene rings is 1. The molecule has 8 heteroatoms. The molecule has 0 aliphatic carbocycles. The molecule has 1 rings (SSSR count). The van der Waals surface area contributed by atoms with Gasteiger partial charge in [-0.25, -0.2) is 4.79 Å². The van der Waals surface area contributed by atoms with Crippen molar-refractivity contribution in [2.45, 2.75) is 19.4 Å². The van der Waals surface area contributed by atoms with Crippen LogP contribution in [0.15, 0.2) is 18.2 Å². The first-order valence-corrected chi connectivity index (χ1v) is 6.51. The number of rotatable bonds is 8. The molecule has 8 nitrogen and oxygen atoms in total. The lowest BCUT2D eigenvalue weighted by Gasteiger charge is -2.14. The molecule has 0 fully saturated rings. The van der Waals surface area contributed by atoms with Gasteiger partial charge in [-0.05, 0) is 24.6 Å². The van der Waals surface area contributed by atoms with Gasteiger partial charge in [-0.1, -0.05) is 6.92 Å². The Morgan fingerprint density at radius 2 is 2.00 bits per heavy atom. The zero-order valence-electron chi connectivity index (χ0n) is 12.3. The molecule has 0 aliphatic heterocycles. The topological polar surface area (TPSA) is 128 Å². The van der Waals surface area contributed by atoms with E-state index in [2.05, 4.69) is 5.32 Å². The van der Waals surface area contributed by atoms with Crippen LogP contribution in [0.2, 0.25) is 0 Å². The number of carbonyl (C=O) groups excluding carboxylic acids is 2. The molecule has 1 atom stereocenters. The average Bonchev–Trinajstić information content (AvgIpc) is 2.49. The van der Waals surface area contributed by atoms with Gasteiger partial charge in [-0.15, -0.1) is 0 Å². The quantitative estimate of drug-likeness (QED) is 0.627. The van der Waals surface area contributed by atoms with E-state index in [1.165, 1.54) is 25.3 Å². The molecule has 0 aromatic heterocycles. The lowest BCUT2D eigenvalue weighted by atomic mass is 10.1. The summed E-state index contributed by atoms with van der Waals surface area (Å²) in [7, 11) is 1.38. The molecule has 22 heavy (non-hydrogen) atoms. The molecule has 0 spiro atoms. The summed E-state index contributed by atoms with van der Waals surface area (Å²) in [6.07, 6.45) is 0.262. The first-order chi connectivity index (χ1) is 10.4. The highest BCUT2D eigenvalue weighted by Gasteiger charge is 2.19. The van der Waals surface area contributed by atoms with Crippen molar-refractivity contribution >= 4 is 17.8 Å². The van der Waals surface area contributed by atoms with Gasteiger partial charge in [0.2, 0.25) is 0 Å². The van der Waals surface area contributed by atoms with Gasteiger partial charge in [0.05, 0.1) is 7.11 Å². The molecule has 0 saturated heterocycles. The fourth-order valence-corrected chi connectivity index (χ4v) is 1.66. The Bertz CT molecular complexity index is 572. The van der Waals surface area contributed by atoms with Crippen LogP contribution in [-0.2, 0) is 9.59 Å². The van der Waals surface area contributed by atoms with Gasteiger partial charge in [-0.3, -0.25) is 9.59 Å². The minimum atomic E-state index is -1.11. The first-order valence-electron chi connectivity index (χ1n) is 6.51. The summed E-state index contributed by atoms with van der Waals surface area (Å²) in [5.41, 5.74) is 5.20. The molecule has 0 radical (unpaired) electrons. The van der Waals surface area contributed by atoms with Crippen molar-refractivity contribution in [3.05, 3.63) is 23.8 Å². The number of nitrogens with two attached hydrogens (primary N) is 1. The van der Waals surface area contributed by atoms with E-state index in [1.807, 2.05) is 0 Å². The van der Waals surface area contributed by atoms with Gasteiger partial charge >= 0.3 is 5.97 Å². The van der Waals surface area contributed by atoms with Gasteiger partial charge < -0.3 is 25.6 Å². The molecule has 4 N–H and O–H groups in total. The van der Waals surface area contributed by atoms with E-state index in [0.717, 1.165) is 0 Å². The van der Waals surface area contributed by atoms with E-state index in [0.29, 0.717) is 0 Å². The second-order valence-corrected chi connectivity index (χ2v) is 4.39. The number of nitrogens with one attached hydrogen (secondary N) is 1. The lowest BCUT2D eigenvalue weighted by Crippen LogP contribution is -2.40. The Labute approximate surface area is 127 Å². The Kier molecular flexibility index (Phi) is 6.18. The number of hydrogen-bond acceptors (Lipinski definition) is 5. The summed E-state index contributed by atoms with van der Waals surface area (Å²) in [6, 6.07) is 3.30. The van der Waals surface area contributed by atoms with E-state index < -0.39 is 23.8 Å². The van der Waals surface area contributed by atoms with Crippen LogP contribution in [0.3, 0.4) is 0 Å². The van der Waals surface area contributed by atoms with Crippen molar-refractivity contribution < 1.29 is 29.0 Å². The highest BCUT2D eigenvalue weighted by Crippen LogP contribution is 2.28. The van der Waals surface area contributed by atoms with Gasteiger partial charge in [-0.2, -0.15) is 0 Å². The fraction of sp³-hybridized carbons (Fsp3) is 0.357. The Morgan fingerprint density at radius 1 is 1.32 bits per heavy atom. The van der Waals surface area contributed by atoms with E-state index >= 15 is 0 Å². The summed E-state index contributed by atoms with van der Waals surface area (Å²) >= 11 is 0. The fourth-order valence-electron chi connectivity index (χ4n) is 1.66. The largest absolute Gasteiger partial charge is 0.493 e. The number of methoxy groups -OCH3 is 1. The Hall–Kier alpha value is -2.77. The number of amides is 2. The molecule has 0 aliphatic rings. The van der Waals surface area contributed by atoms with Crippen molar-refractivity contribution in [2.75, 3.05) is 13.7 Å². The number of ether oxygens (including phenoxy) is 2. The number of primary amides is 1. The summed E-state index contributed by atoms with van der Waals surface area (Å²) < 4.78 is 10.2. The van der Waals surface area contributed by atoms with Crippen molar-refractivity contribution in [1.29, 1.82) is 0 Å². The van der Waals surface area contributed by atoms with Crippen LogP contribution in [0.1, 0.15) is 23.7 Å². The minimum absolute atomic E-state index is 0.211. The van der Waals surface area contributed by atoms with Gasteiger partial charge in [0.25, 0.3) is 11.8 Å². The first kappa shape index (κ1) is 17.3. The molecule has 1 aromatic carbocycles. The summed E-state index contributed by atoms with van der Waals surface area (Å²) in [5, 5.41) is 11.3. The number of aliphatic carboxylic acids is 1. The van der Waals surface area contributed by atoms with Gasteiger partial charge in [0, 0.05) is 5.56 Å². The predicted octanol–water partition coefficient (Wildman–Crippen LogP) is 0.152. The molecular weight excluding hydrogens is 292 g/mol. The number of carboxylic acid groups (broad SMARTS) is 1. The smallest absolute Gasteiger partial charge is 0.326 e. The standard InChI is InChI=1S/C14H18N2O6/c1-3-9(14(19)20)16-13(18)8-4-5-10(11(6-8)21-2)22-7-12(15)17/h4-6,9H,3,7H2,1-2H3,(H2,15,17)(H,16,18)(H,19,20). The van der Waals surface area contributed by atoms with Crippen LogP contribution in [0, 0.1) is 0 Å². The monoisotopic (exact) mass is 310 g/mol. The van der Waals surface area contributed by atoms with Crippen LogP contribution in [0.25, 0.3) is 0 Å². The summed E-state index contributed by atoms with van der Waals surface area (Å²) in [4.78, 5) is 33.6. The van der Waals surface area contributed by atoms with Crippen LogP contribution < -0.4 is 20.5 Å². The third kappa shape index (κ3) is 4.65. The van der Waals surface area contributed by atoms with Crippen molar-refractivity contribution in [3.63, 3.8) is 0 Å². The highest BCUT2D eigenvalue weighted by molar-refractivity contribution is 5.97. The van der Waals surface area contributed by atoms with Gasteiger partial charge in [0.15, 0.2) is 18.1 Å². The molecule has 0 heterocycles. The third-order valence-corrected chi connectivity index (χ3v) is 2.81. The van der Waals surface area contributed by atoms with E-state index in [4.69, 9.17) is 20.3 Å². The highest BCUT2D eigenvalue weighted by atomic mass is 16.5.